The Morgan fingerprint density at radius 2 is 1.78 bits per heavy atom. The van der Waals surface area contributed by atoms with Crippen LogP contribution in [-0.4, -0.2) is 50.2 Å². The zero-order valence-corrected chi connectivity index (χ0v) is 23.1. The first-order valence-corrected chi connectivity index (χ1v) is 14.8. The Morgan fingerprint density at radius 3 is 2.54 bits per heavy atom. The average Bonchev–Trinajstić information content (AvgIpc) is 3.16. The minimum Gasteiger partial charge on any atom is -0.378 e. The minimum atomic E-state index is -0.880. The van der Waals surface area contributed by atoms with E-state index in [1.807, 2.05) is 6.92 Å². The molecule has 1 N–H and O–H groups in total. The van der Waals surface area contributed by atoms with E-state index in [1.54, 1.807) is 5.57 Å². The summed E-state index contributed by atoms with van der Waals surface area (Å²) in [5.74, 6) is 8.60. The molecule has 0 bridgehead atoms. The van der Waals surface area contributed by atoms with Crippen LogP contribution in [0.5, 0.6) is 0 Å². The number of anilines is 1. The second-order valence-corrected chi connectivity index (χ2v) is 12.9. The van der Waals surface area contributed by atoms with Gasteiger partial charge in [-0.15, -0.1) is 5.92 Å². The van der Waals surface area contributed by atoms with Crippen molar-refractivity contribution in [3.05, 3.63) is 41.5 Å². The number of allylic oxidation sites excluding steroid dienone is 1. The molecule has 0 radical (unpaired) electrons. The smallest absolute Gasteiger partial charge is 0.131 e. The van der Waals surface area contributed by atoms with Crippen molar-refractivity contribution < 1.29 is 14.6 Å². The lowest BCUT2D eigenvalue weighted by molar-refractivity contribution is -0.111. The van der Waals surface area contributed by atoms with Crippen LogP contribution in [0, 0.1) is 40.4 Å². The standard InChI is InChI=1S/C33H45NO3/c1-4-14-33(35)16-12-29-27-11-8-25-13-20-36-19-5-15-31(25,2)30(27)28(23-32(29,33)3)24-6-9-26(10-7-24)34-17-21-37-22-18-34/h6-7,9-10,13,27-30,35H,5,8,11-12,15-23H2,1-3H3/b25-13-/t27-,28+,29-,30+,31-,32-,33-/m0/s1. The first kappa shape index (κ1) is 25.5. The second-order valence-electron chi connectivity index (χ2n) is 12.9. The highest BCUT2D eigenvalue weighted by Gasteiger charge is 2.66. The fourth-order valence-corrected chi connectivity index (χ4v) is 9.47. The number of morpholine rings is 1. The van der Waals surface area contributed by atoms with Crippen LogP contribution in [0.15, 0.2) is 35.9 Å². The van der Waals surface area contributed by atoms with Crippen molar-refractivity contribution >= 4 is 5.69 Å². The summed E-state index contributed by atoms with van der Waals surface area (Å²) in [5.41, 5.74) is 3.53. The summed E-state index contributed by atoms with van der Waals surface area (Å²) < 4.78 is 11.5. The molecule has 4 heteroatoms. The summed E-state index contributed by atoms with van der Waals surface area (Å²) in [6.07, 6.45) is 10.1. The second kappa shape index (κ2) is 9.74. The molecule has 4 nitrogen and oxygen atoms in total. The molecule has 7 atom stereocenters. The minimum absolute atomic E-state index is 0.174. The number of rotatable bonds is 2. The summed E-state index contributed by atoms with van der Waals surface area (Å²) in [4.78, 5) is 2.44. The predicted octanol–water partition coefficient (Wildman–Crippen LogP) is 5.95. The molecule has 1 saturated heterocycles. The maximum absolute atomic E-state index is 12.0. The Hall–Kier alpha value is -1.80. The first-order chi connectivity index (χ1) is 17.9. The van der Waals surface area contributed by atoms with E-state index >= 15 is 0 Å². The summed E-state index contributed by atoms with van der Waals surface area (Å²) >= 11 is 0. The number of nitrogens with zero attached hydrogens (tertiary/aromatic N) is 1. The van der Waals surface area contributed by atoms with E-state index in [9.17, 15) is 5.11 Å². The maximum Gasteiger partial charge on any atom is 0.131 e. The molecule has 0 amide bonds. The van der Waals surface area contributed by atoms with E-state index in [-0.39, 0.29) is 10.8 Å². The van der Waals surface area contributed by atoms with Crippen molar-refractivity contribution in [1.82, 2.24) is 0 Å². The molecule has 2 aliphatic heterocycles. The molecule has 6 rings (SSSR count). The van der Waals surface area contributed by atoms with Gasteiger partial charge in [-0.3, -0.25) is 0 Å². The quantitative estimate of drug-likeness (QED) is 0.400. The van der Waals surface area contributed by atoms with Gasteiger partial charge in [0.05, 0.1) is 19.8 Å². The fourth-order valence-electron chi connectivity index (χ4n) is 9.47. The predicted molar refractivity (Wildman–Crippen MR) is 149 cm³/mol. The third-order valence-corrected chi connectivity index (χ3v) is 11.3. The van der Waals surface area contributed by atoms with Gasteiger partial charge in [0.1, 0.15) is 5.60 Å². The van der Waals surface area contributed by atoms with E-state index in [2.05, 4.69) is 60.9 Å². The van der Waals surface area contributed by atoms with Crippen LogP contribution < -0.4 is 4.90 Å². The van der Waals surface area contributed by atoms with Crippen LogP contribution in [0.1, 0.15) is 77.2 Å². The molecule has 200 valence electrons. The lowest BCUT2D eigenvalue weighted by atomic mass is 9.43. The van der Waals surface area contributed by atoms with Gasteiger partial charge < -0.3 is 19.5 Å². The Labute approximate surface area is 223 Å². The molecule has 3 saturated carbocycles. The van der Waals surface area contributed by atoms with E-state index in [0.29, 0.717) is 23.7 Å². The van der Waals surface area contributed by atoms with Crippen LogP contribution in [0.25, 0.3) is 0 Å². The van der Waals surface area contributed by atoms with E-state index in [0.717, 1.165) is 65.2 Å². The Kier molecular flexibility index (Phi) is 6.71. The lowest BCUT2D eigenvalue weighted by Gasteiger charge is -2.61. The maximum atomic E-state index is 12.0. The van der Waals surface area contributed by atoms with Crippen LogP contribution in [-0.2, 0) is 9.47 Å². The van der Waals surface area contributed by atoms with Crippen LogP contribution in [0.2, 0.25) is 0 Å². The average molecular weight is 504 g/mol. The third-order valence-electron chi connectivity index (χ3n) is 11.3. The molecule has 1 aromatic carbocycles. The molecule has 4 fully saturated rings. The van der Waals surface area contributed by atoms with Crippen LogP contribution in [0.4, 0.5) is 5.69 Å². The molecule has 37 heavy (non-hydrogen) atoms. The summed E-state index contributed by atoms with van der Waals surface area (Å²) in [7, 11) is 0. The van der Waals surface area contributed by atoms with Crippen LogP contribution in [0.3, 0.4) is 0 Å². The summed E-state index contributed by atoms with van der Waals surface area (Å²) in [6.45, 7) is 12.0. The normalized spacial score (nSPS) is 43.1. The van der Waals surface area contributed by atoms with Crippen molar-refractivity contribution in [3.63, 3.8) is 0 Å². The largest absolute Gasteiger partial charge is 0.378 e. The molecule has 1 aromatic rings. The number of aliphatic hydroxyl groups is 1. The Morgan fingerprint density at radius 1 is 1.00 bits per heavy atom. The molecule has 3 aliphatic carbocycles. The van der Waals surface area contributed by atoms with Crippen molar-refractivity contribution in [2.24, 2.45) is 28.6 Å². The number of hydrogen-bond donors (Lipinski definition) is 1. The first-order valence-electron chi connectivity index (χ1n) is 14.8. The van der Waals surface area contributed by atoms with Gasteiger partial charge in [-0.2, -0.15) is 0 Å². The lowest BCUT2D eigenvalue weighted by Crippen LogP contribution is -2.56. The summed E-state index contributed by atoms with van der Waals surface area (Å²) in [6, 6.07) is 9.49. The molecule has 0 spiro atoms. The van der Waals surface area contributed by atoms with Gasteiger partial charge in [0.25, 0.3) is 0 Å². The van der Waals surface area contributed by atoms with Gasteiger partial charge >= 0.3 is 0 Å². The van der Waals surface area contributed by atoms with Gasteiger partial charge in [0.2, 0.25) is 0 Å². The molecule has 0 aromatic heterocycles. The number of benzene rings is 1. The molecular formula is C33H45NO3. The van der Waals surface area contributed by atoms with Crippen molar-refractivity contribution in [2.45, 2.75) is 77.2 Å². The van der Waals surface area contributed by atoms with Crippen molar-refractivity contribution in [1.29, 1.82) is 0 Å². The third kappa shape index (κ3) is 4.08. The van der Waals surface area contributed by atoms with E-state index in [1.165, 1.54) is 30.5 Å². The fraction of sp³-hybridized carbons (Fsp3) is 0.697. The van der Waals surface area contributed by atoms with Crippen molar-refractivity contribution in [3.8, 4) is 11.8 Å². The molecular weight excluding hydrogens is 458 g/mol. The van der Waals surface area contributed by atoms with E-state index in [4.69, 9.17) is 9.47 Å². The SMILES string of the molecule is CC#C[C@]1(O)CC[C@H]2[C@@H]3CC/C4=C/COCCC[C@]4(C)[C@H]3[C@@H](c3ccc(N4CCOCC4)cc3)C[C@@]21C. The Balaban J connectivity index is 1.43. The number of hydrogen-bond acceptors (Lipinski definition) is 4. The Bertz CT molecular complexity index is 1080. The highest BCUT2D eigenvalue weighted by molar-refractivity contribution is 5.49. The zero-order chi connectivity index (χ0) is 25.7. The molecule has 0 unspecified atom stereocenters. The van der Waals surface area contributed by atoms with Gasteiger partial charge in [0.15, 0.2) is 0 Å². The van der Waals surface area contributed by atoms with Gasteiger partial charge in [0, 0.05) is 30.8 Å². The van der Waals surface area contributed by atoms with Crippen molar-refractivity contribution in [2.75, 3.05) is 44.4 Å². The monoisotopic (exact) mass is 503 g/mol. The van der Waals surface area contributed by atoms with Gasteiger partial charge in [-0.05, 0) is 98.7 Å². The van der Waals surface area contributed by atoms with Gasteiger partial charge in [-0.1, -0.05) is 43.5 Å². The number of fused-ring (bicyclic) bond motifs is 5. The zero-order valence-electron chi connectivity index (χ0n) is 23.1. The van der Waals surface area contributed by atoms with Crippen LogP contribution >= 0.6 is 0 Å². The topological polar surface area (TPSA) is 41.9 Å². The highest BCUT2D eigenvalue weighted by Crippen LogP contribution is 2.70. The van der Waals surface area contributed by atoms with Gasteiger partial charge in [-0.25, -0.2) is 0 Å². The highest BCUT2D eigenvalue weighted by atomic mass is 16.5. The number of ether oxygens (including phenoxy) is 2. The summed E-state index contributed by atoms with van der Waals surface area (Å²) in [5, 5.41) is 12.0. The van der Waals surface area contributed by atoms with E-state index < -0.39 is 5.60 Å². The molecule has 2 heterocycles. The molecule has 5 aliphatic rings.